The molecule has 0 aromatic rings. The number of rotatable bonds is 8. The minimum Gasteiger partial charge on any atom is -0.520 e. The van der Waals surface area contributed by atoms with Gasteiger partial charge < -0.3 is 9.16 Å². The smallest absolute Gasteiger partial charge is 0.263 e. The summed E-state index contributed by atoms with van der Waals surface area (Å²) in [6, 6.07) is 0. The molecule has 0 amide bonds. The van der Waals surface area contributed by atoms with Gasteiger partial charge in [0.25, 0.3) is 5.95 Å². The Labute approximate surface area is 101 Å². The first-order valence-electron chi connectivity index (χ1n) is 5.97. The molecule has 0 fully saturated rings. The van der Waals surface area contributed by atoms with Crippen LogP contribution < -0.4 is 0 Å². The lowest BCUT2D eigenvalue weighted by molar-refractivity contribution is 0.0961. The fourth-order valence-electron chi connectivity index (χ4n) is 1.11. The maximum atomic E-state index is 5.88. The predicted molar refractivity (Wildman–Crippen MR) is 72.8 cm³/mol. The molecule has 0 saturated carbocycles. The van der Waals surface area contributed by atoms with Crippen molar-refractivity contribution in [2.45, 2.75) is 52.8 Å². The third-order valence-electron chi connectivity index (χ3n) is 1.84. The van der Waals surface area contributed by atoms with Crippen molar-refractivity contribution in [2.75, 3.05) is 6.61 Å². The van der Waals surface area contributed by atoms with Crippen molar-refractivity contribution in [2.24, 2.45) is 0 Å². The fourth-order valence-corrected chi connectivity index (χ4v) is 1.93. The molecule has 0 aromatic carbocycles. The SMILES string of the molecule is C=CCCCCOC(O[Si](C)(C)C)=C(C)C. The Morgan fingerprint density at radius 1 is 1.19 bits per heavy atom. The number of allylic oxidation sites excluding steroid dienone is 2. The summed E-state index contributed by atoms with van der Waals surface area (Å²) < 4.78 is 11.6. The van der Waals surface area contributed by atoms with E-state index in [-0.39, 0.29) is 0 Å². The van der Waals surface area contributed by atoms with Crippen molar-refractivity contribution in [3.8, 4) is 0 Å². The van der Waals surface area contributed by atoms with E-state index in [1.54, 1.807) is 0 Å². The molecule has 0 bridgehead atoms. The number of hydrogen-bond acceptors (Lipinski definition) is 2. The second-order valence-electron chi connectivity index (χ2n) is 5.13. The summed E-state index contributed by atoms with van der Waals surface area (Å²) in [6.45, 7) is 15.0. The summed E-state index contributed by atoms with van der Waals surface area (Å²) in [7, 11) is -1.56. The summed E-state index contributed by atoms with van der Waals surface area (Å²) in [6.07, 6.45) is 5.19. The molecule has 0 atom stereocenters. The topological polar surface area (TPSA) is 18.5 Å². The Morgan fingerprint density at radius 3 is 2.25 bits per heavy atom. The zero-order chi connectivity index (χ0) is 12.6. The van der Waals surface area contributed by atoms with E-state index in [1.807, 2.05) is 19.9 Å². The number of hydrogen-bond donors (Lipinski definition) is 0. The highest BCUT2D eigenvalue weighted by atomic mass is 28.4. The second kappa shape index (κ2) is 7.55. The zero-order valence-corrected chi connectivity index (χ0v) is 12.4. The molecule has 94 valence electrons. The quantitative estimate of drug-likeness (QED) is 0.271. The lowest BCUT2D eigenvalue weighted by Crippen LogP contribution is -2.26. The minimum atomic E-state index is -1.56. The van der Waals surface area contributed by atoms with Crippen molar-refractivity contribution in [3.05, 3.63) is 24.2 Å². The average molecular weight is 242 g/mol. The zero-order valence-electron chi connectivity index (χ0n) is 11.4. The monoisotopic (exact) mass is 242 g/mol. The van der Waals surface area contributed by atoms with Gasteiger partial charge in [0.15, 0.2) is 0 Å². The molecular formula is C13H26O2Si. The Bertz CT molecular complexity index is 235. The predicted octanol–water partition coefficient (Wildman–Crippen LogP) is 4.46. The standard InChI is InChI=1S/C13H26O2Si/c1-7-8-9-10-11-14-13(12(2)3)15-16(4,5)6/h7H,1,8-11H2,2-6H3. The first kappa shape index (κ1) is 15.3. The highest BCUT2D eigenvalue weighted by Crippen LogP contribution is 2.15. The van der Waals surface area contributed by atoms with Gasteiger partial charge in [0.1, 0.15) is 0 Å². The molecule has 16 heavy (non-hydrogen) atoms. The molecule has 0 aliphatic heterocycles. The van der Waals surface area contributed by atoms with Crippen LogP contribution in [-0.4, -0.2) is 14.9 Å². The summed E-state index contributed by atoms with van der Waals surface area (Å²) >= 11 is 0. The van der Waals surface area contributed by atoms with Crippen LogP contribution in [0, 0.1) is 0 Å². The first-order valence-corrected chi connectivity index (χ1v) is 9.38. The Kier molecular flexibility index (Phi) is 7.22. The molecule has 0 N–H and O–H groups in total. The molecule has 0 radical (unpaired) electrons. The molecule has 0 aliphatic carbocycles. The van der Waals surface area contributed by atoms with Crippen LogP contribution in [-0.2, 0) is 9.16 Å². The van der Waals surface area contributed by atoms with Gasteiger partial charge in [-0.3, -0.25) is 0 Å². The second-order valence-corrected chi connectivity index (χ2v) is 9.56. The van der Waals surface area contributed by atoms with Crippen LogP contribution in [0.4, 0.5) is 0 Å². The summed E-state index contributed by atoms with van der Waals surface area (Å²) in [5.74, 6) is 0.734. The molecule has 0 heterocycles. The molecule has 0 spiro atoms. The van der Waals surface area contributed by atoms with Crippen molar-refractivity contribution in [3.63, 3.8) is 0 Å². The number of unbranched alkanes of at least 4 members (excludes halogenated alkanes) is 2. The van der Waals surface area contributed by atoms with Crippen LogP contribution in [0.5, 0.6) is 0 Å². The molecule has 2 nitrogen and oxygen atoms in total. The fraction of sp³-hybridized carbons (Fsp3) is 0.692. The van der Waals surface area contributed by atoms with Gasteiger partial charge in [-0.2, -0.15) is 0 Å². The summed E-state index contributed by atoms with van der Waals surface area (Å²) in [5, 5.41) is 0. The van der Waals surface area contributed by atoms with Gasteiger partial charge in [0, 0.05) is 5.57 Å². The van der Waals surface area contributed by atoms with Gasteiger partial charge in [0.05, 0.1) is 6.61 Å². The van der Waals surface area contributed by atoms with E-state index < -0.39 is 8.32 Å². The average Bonchev–Trinajstić information content (AvgIpc) is 2.13. The Balaban J connectivity index is 3.98. The van der Waals surface area contributed by atoms with Gasteiger partial charge >= 0.3 is 0 Å². The normalized spacial score (nSPS) is 10.8. The van der Waals surface area contributed by atoms with E-state index >= 15 is 0 Å². The van der Waals surface area contributed by atoms with Crippen molar-refractivity contribution < 1.29 is 9.16 Å². The van der Waals surface area contributed by atoms with Crippen molar-refractivity contribution >= 4 is 8.32 Å². The Morgan fingerprint density at radius 2 is 1.81 bits per heavy atom. The van der Waals surface area contributed by atoms with E-state index in [9.17, 15) is 0 Å². The van der Waals surface area contributed by atoms with Crippen LogP contribution in [0.25, 0.3) is 0 Å². The maximum absolute atomic E-state index is 5.88. The lowest BCUT2D eigenvalue weighted by Gasteiger charge is -2.22. The van der Waals surface area contributed by atoms with E-state index in [1.165, 1.54) is 0 Å². The van der Waals surface area contributed by atoms with Crippen LogP contribution in [0.3, 0.4) is 0 Å². The third kappa shape index (κ3) is 8.59. The van der Waals surface area contributed by atoms with Crippen molar-refractivity contribution in [1.29, 1.82) is 0 Å². The van der Waals surface area contributed by atoms with Crippen LogP contribution in [0.2, 0.25) is 19.6 Å². The highest BCUT2D eigenvalue weighted by molar-refractivity contribution is 6.70. The van der Waals surface area contributed by atoms with Crippen LogP contribution >= 0.6 is 0 Å². The van der Waals surface area contributed by atoms with E-state index in [0.29, 0.717) is 0 Å². The molecule has 3 heteroatoms. The van der Waals surface area contributed by atoms with E-state index in [0.717, 1.165) is 37.4 Å². The van der Waals surface area contributed by atoms with Crippen molar-refractivity contribution in [1.82, 2.24) is 0 Å². The van der Waals surface area contributed by atoms with Crippen LogP contribution in [0.1, 0.15) is 33.1 Å². The third-order valence-corrected chi connectivity index (χ3v) is 2.64. The van der Waals surface area contributed by atoms with Gasteiger partial charge in [-0.15, -0.1) is 6.58 Å². The lowest BCUT2D eigenvalue weighted by atomic mass is 10.2. The maximum Gasteiger partial charge on any atom is 0.263 e. The molecular weight excluding hydrogens is 216 g/mol. The van der Waals surface area contributed by atoms with Gasteiger partial charge in [-0.25, -0.2) is 0 Å². The molecule has 0 aliphatic rings. The van der Waals surface area contributed by atoms with Crippen LogP contribution in [0.15, 0.2) is 24.2 Å². The summed E-state index contributed by atoms with van der Waals surface area (Å²) in [5.41, 5.74) is 1.12. The first-order chi connectivity index (χ1) is 7.37. The van der Waals surface area contributed by atoms with E-state index in [2.05, 4.69) is 26.2 Å². The Hall–Kier alpha value is -0.703. The molecule has 0 aromatic heterocycles. The summed E-state index contributed by atoms with van der Waals surface area (Å²) in [4.78, 5) is 0. The minimum absolute atomic E-state index is 0.734. The molecule has 0 saturated heterocycles. The van der Waals surface area contributed by atoms with E-state index in [4.69, 9.17) is 9.16 Å². The van der Waals surface area contributed by atoms with Gasteiger partial charge in [-0.05, 0) is 52.8 Å². The number of ether oxygens (including phenoxy) is 1. The highest BCUT2D eigenvalue weighted by Gasteiger charge is 2.19. The largest absolute Gasteiger partial charge is 0.520 e. The van der Waals surface area contributed by atoms with Gasteiger partial charge in [0.2, 0.25) is 8.32 Å². The molecule has 0 rings (SSSR count). The molecule has 0 unspecified atom stereocenters. The van der Waals surface area contributed by atoms with Gasteiger partial charge in [-0.1, -0.05) is 6.08 Å².